The standard InChI is InChI=1S/C14H13FINO2/c1-2-18-13-8-14(12(17)7-11(13)15)19-10-5-3-9(16)4-6-10/h3-8H,2,17H2,1H3. The molecule has 2 N–H and O–H groups in total. The smallest absolute Gasteiger partial charge is 0.167 e. The monoisotopic (exact) mass is 373 g/mol. The number of hydrogen-bond acceptors (Lipinski definition) is 3. The summed E-state index contributed by atoms with van der Waals surface area (Å²) in [5.41, 5.74) is 5.98. The van der Waals surface area contributed by atoms with Gasteiger partial charge in [0.1, 0.15) is 5.75 Å². The van der Waals surface area contributed by atoms with Crippen molar-refractivity contribution in [1.82, 2.24) is 0 Å². The average molecular weight is 373 g/mol. The lowest BCUT2D eigenvalue weighted by Gasteiger charge is -2.11. The van der Waals surface area contributed by atoms with E-state index in [1.165, 1.54) is 12.1 Å². The van der Waals surface area contributed by atoms with Gasteiger partial charge in [0, 0.05) is 15.7 Å². The molecule has 5 heteroatoms. The minimum Gasteiger partial charge on any atom is -0.491 e. The second-order valence-electron chi connectivity index (χ2n) is 3.81. The Labute approximate surface area is 124 Å². The topological polar surface area (TPSA) is 44.5 Å². The highest BCUT2D eigenvalue weighted by molar-refractivity contribution is 14.1. The van der Waals surface area contributed by atoms with Gasteiger partial charge in [-0.1, -0.05) is 0 Å². The zero-order valence-corrected chi connectivity index (χ0v) is 12.5. The van der Waals surface area contributed by atoms with E-state index in [4.69, 9.17) is 15.2 Å². The van der Waals surface area contributed by atoms with E-state index in [1.54, 1.807) is 6.92 Å². The number of rotatable bonds is 4. The minimum absolute atomic E-state index is 0.136. The summed E-state index contributed by atoms with van der Waals surface area (Å²) >= 11 is 2.20. The van der Waals surface area contributed by atoms with E-state index in [0.717, 1.165) is 3.57 Å². The van der Waals surface area contributed by atoms with E-state index in [-0.39, 0.29) is 11.4 Å². The maximum Gasteiger partial charge on any atom is 0.167 e. The fraction of sp³-hybridized carbons (Fsp3) is 0.143. The Morgan fingerprint density at radius 2 is 1.84 bits per heavy atom. The molecule has 0 aliphatic carbocycles. The van der Waals surface area contributed by atoms with Crippen molar-refractivity contribution in [3.63, 3.8) is 0 Å². The van der Waals surface area contributed by atoms with Crippen molar-refractivity contribution in [2.24, 2.45) is 0 Å². The first-order chi connectivity index (χ1) is 9.10. The SMILES string of the molecule is CCOc1cc(Oc2ccc(I)cc2)c(N)cc1F. The van der Waals surface area contributed by atoms with E-state index in [1.807, 2.05) is 24.3 Å². The van der Waals surface area contributed by atoms with Crippen LogP contribution in [-0.4, -0.2) is 6.61 Å². The molecule has 100 valence electrons. The lowest BCUT2D eigenvalue weighted by molar-refractivity contribution is 0.319. The number of anilines is 1. The molecule has 0 radical (unpaired) electrons. The molecular weight excluding hydrogens is 360 g/mol. The first-order valence-corrected chi connectivity index (χ1v) is 6.83. The Morgan fingerprint density at radius 1 is 1.16 bits per heavy atom. The lowest BCUT2D eigenvalue weighted by Crippen LogP contribution is -1.98. The van der Waals surface area contributed by atoms with Crippen molar-refractivity contribution < 1.29 is 13.9 Å². The quantitative estimate of drug-likeness (QED) is 0.645. The first-order valence-electron chi connectivity index (χ1n) is 5.75. The van der Waals surface area contributed by atoms with Crippen molar-refractivity contribution in [2.45, 2.75) is 6.92 Å². The summed E-state index contributed by atoms with van der Waals surface area (Å²) in [5, 5.41) is 0. The van der Waals surface area contributed by atoms with Gasteiger partial charge in [0.05, 0.1) is 12.3 Å². The van der Waals surface area contributed by atoms with E-state index < -0.39 is 5.82 Å². The van der Waals surface area contributed by atoms with Gasteiger partial charge in [-0.05, 0) is 53.8 Å². The third kappa shape index (κ3) is 3.50. The van der Waals surface area contributed by atoms with Gasteiger partial charge in [-0.25, -0.2) is 4.39 Å². The molecule has 3 nitrogen and oxygen atoms in total. The summed E-state index contributed by atoms with van der Waals surface area (Å²) in [6, 6.07) is 10.1. The molecule has 0 amide bonds. The molecule has 0 heterocycles. The average Bonchev–Trinajstić information content (AvgIpc) is 2.38. The van der Waals surface area contributed by atoms with Crippen LogP contribution in [0, 0.1) is 9.39 Å². The Bertz CT molecular complexity index is 572. The molecule has 0 spiro atoms. The molecule has 0 aliphatic heterocycles. The number of halogens is 2. The van der Waals surface area contributed by atoms with Crippen LogP contribution >= 0.6 is 22.6 Å². The molecule has 0 unspecified atom stereocenters. The van der Waals surface area contributed by atoms with Crippen molar-refractivity contribution in [2.75, 3.05) is 12.3 Å². The van der Waals surface area contributed by atoms with Gasteiger partial charge in [-0.15, -0.1) is 0 Å². The van der Waals surface area contributed by atoms with Gasteiger partial charge in [-0.2, -0.15) is 0 Å². The number of nitrogens with two attached hydrogens (primary N) is 1. The van der Waals surface area contributed by atoms with Gasteiger partial charge >= 0.3 is 0 Å². The maximum atomic E-state index is 13.5. The summed E-state index contributed by atoms with van der Waals surface area (Å²) < 4.78 is 25.5. The second kappa shape index (κ2) is 6.10. The summed E-state index contributed by atoms with van der Waals surface area (Å²) in [6.45, 7) is 2.17. The highest BCUT2D eigenvalue weighted by Gasteiger charge is 2.10. The zero-order valence-electron chi connectivity index (χ0n) is 10.3. The number of ether oxygens (including phenoxy) is 2. The summed E-state index contributed by atoms with van der Waals surface area (Å²) in [7, 11) is 0. The van der Waals surface area contributed by atoms with Crippen LogP contribution in [0.25, 0.3) is 0 Å². The van der Waals surface area contributed by atoms with Crippen LogP contribution in [0.1, 0.15) is 6.92 Å². The van der Waals surface area contributed by atoms with Crippen molar-refractivity contribution >= 4 is 28.3 Å². The van der Waals surface area contributed by atoms with E-state index in [2.05, 4.69) is 22.6 Å². The molecular formula is C14H13FINO2. The van der Waals surface area contributed by atoms with Crippen LogP contribution < -0.4 is 15.2 Å². The number of nitrogen functional groups attached to an aromatic ring is 1. The molecule has 0 saturated heterocycles. The molecule has 2 aromatic rings. The van der Waals surface area contributed by atoms with Gasteiger partial charge in [0.15, 0.2) is 17.3 Å². The van der Waals surface area contributed by atoms with E-state index >= 15 is 0 Å². The second-order valence-corrected chi connectivity index (χ2v) is 5.06. The summed E-state index contributed by atoms with van der Waals surface area (Å²) in [6.07, 6.45) is 0. The number of hydrogen-bond donors (Lipinski definition) is 1. The third-order valence-electron chi connectivity index (χ3n) is 2.41. The van der Waals surface area contributed by atoms with Crippen molar-refractivity contribution in [3.8, 4) is 17.2 Å². The van der Waals surface area contributed by atoms with Crippen molar-refractivity contribution in [1.29, 1.82) is 0 Å². The summed E-state index contributed by atoms with van der Waals surface area (Å²) in [5.74, 6) is 0.666. The molecule has 2 rings (SSSR count). The van der Waals surface area contributed by atoms with Gasteiger partial charge in [-0.3, -0.25) is 0 Å². The molecule has 19 heavy (non-hydrogen) atoms. The predicted octanol–water partition coefficient (Wildman–Crippen LogP) is 4.20. The fourth-order valence-electron chi connectivity index (χ4n) is 1.53. The molecule has 2 aromatic carbocycles. The summed E-state index contributed by atoms with van der Waals surface area (Å²) in [4.78, 5) is 0. The fourth-order valence-corrected chi connectivity index (χ4v) is 1.89. The van der Waals surface area contributed by atoms with Crippen LogP contribution in [0.15, 0.2) is 36.4 Å². The molecule has 0 fully saturated rings. The minimum atomic E-state index is -0.491. The Balaban J connectivity index is 2.28. The maximum absolute atomic E-state index is 13.5. The molecule has 0 aromatic heterocycles. The normalized spacial score (nSPS) is 10.3. The molecule has 0 aliphatic rings. The molecule has 0 bridgehead atoms. The molecule has 0 atom stereocenters. The van der Waals surface area contributed by atoms with Gasteiger partial charge in [0.2, 0.25) is 0 Å². The van der Waals surface area contributed by atoms with Gasteiger partial charge in [0.25, 0.3) is 0 Å². The largest absolute Gasteiger partial charge is 0.491 e. The van der Waals surface area contributed by atoms with Crippen LogP contribution in [0.2, 0.25) is 0 Å². The Kier molecular flexibility index (Phi) is 4.47. The Hall–Kier alpha value is -1.50. The zero-order chi connectivity index (χ0) is 13.8. The highest BCUT2D eigenvalue weighted by Crippen LogP contribution is 2.33. The van der Waals surface area contributed by atoms with Crippen LogP contribution in [-0.2, 0) is 0 Å². The predicted molar refractivity (Wildman–Crippen MR) is 81.2 cm³/mol. The third-order valence-corrected chi connectivity index (χ3v) is 3.12. The van der Waals surface area contributed by atoms with Crippen LogP contribution in [0.3, 0.4) is 0 Å². The Morgan fingerprint density at radius 3 is 2.47 bits per heavy atom. The van der Waals surface area contributed by atoms with E-state index in [9.17, 15) is 4.39 Å². The number of benzene rings is 2. The van der Waals surface area contributed by atoms with E-state index in [0.29, 0.717) is 18.1 Å². The van der Waals surface area contributed by atoms with Crippen LogP contribution in [0.4, 0.5) is 10.1 Å². The van der Waals surface area contributed by atoms with Gasteiger partial charge < -0.3 is 15.2 Å². The lowest BCUT2D eigenvalue weighted by atomic mass is 10.2. The van der Waals surface area contributed by atoms with Crippen LogP contribution in [0.5, 0.6) is 17.2 Å². The van der Waals surface area contributed by atoms with Crippen molar-refractivity contribution in [3.05, 3.63) is 45.8 Å². The highest BCUT2D eigenvalue weighted by atomic mass is 127. The molecule has 0 saturated carbocycles. The first kappa shape index (κ1) is 13.9.